The van der Waals surface area contributed by atoms with Gasteiger partial charge in [0.2, 0.25) is 17.7 Å². The van der Waals surface area contributed by atoms with Gasteiger partial charge in [0.05, 0.1) is 17.4 Å². The second kappa shape index (κ2) is 5.16. The summed E-state index contributed by atoms with van der Waals surface area (Å²) in [7, 11) is 0. The molecule has 1 aliphatic heterocycles. The Morgan fingerprint density at radius 1 is 1.17 bits per heavy atom. The van der Waals surface area contributed by atoms with Crippen molar-refractivity contribution in [3.05, 3.63) is 12.2 Å². The maximum absolute atomic E-state index is 12.5. The molecule has 1 saturated heterocycles. The van der Waals surface area contributed by atoms with Crippen LogP contribution in [0.1, 0.15) is 32.1 Å². The Morgan fingerprint density at radius 2 is 1.74 bits per heavy atom. The summed E-state index contributed by atoms with van der Waals surface area (Å²) >= 11 is 0. The first-order valence-corrected chi connectivity index (χ1v) is 8.62. The highest BCUT2D eigenvalue weighted by molar-refractivity contribution is 6.06. The number of nitrogens with one attached hydrogen (secondary N) is 1. The molecule has 3 N–H and O–H groups in total. The predicted octanol–water partition coefficient (Wildman–Crippen LogP) is 0.181. The zero-order chi connectivity index (χ0) is 16.2. The van der Waals surface area contributed by atoms with Crippen molar-refractivity contribution in [1.82, 2.24) is 10.2 Å². The zero-order valence-electron chi connectivity index (χ0n) is 13.2. The van der Waals surface area contributed by atoms with Crippen molar-refractivity contribution in [2.75, 3.05) is 13.1 Å². The summed E-state index contributed by atoms with van der Waals surface area (Å²) in [6.07, 6.45) is 8.48. The molecular weight excluding hydrogens is 294 g/mol. The Morgan fingerprint density at radius 3 is 2.30 bits per heavy atom. The van der Waals surface area contributed by atoms with E-state index in [1.165, 1.54) is 4.90 Å². The number of nitrogens with zero attached hydrogens (tertiary/aromatic N) is 1. The number of allylic oxidation sites excluding steroid dienone is 2. The molecule has 23 heavy (non-hydrogen) atoms. The van der Waals surface area contributed by atoms with Gasteiger partial charge in [-0.05, 0) is 31.1 Å². The van der Waals surface area contributed by atoms with E-state index >= 15 is 0 Å². The fourth-order valence-electron chi connectivity index (χ4n) is 4.87. The zero-order valence-corrected chi connectivity index (χ0v) is 13.2. The van der Waals surface area contributed by atoms with E-state index in [0.29, 0.717) is 12.8 Å². The van der Waals surface area contributed by atoms with Crippen LogP contribution in [0.25, 0.3) is 0 Å². The number of fused-ring (bicyclic) bond motifs is 5. The SMILES string of the molecule is NC1(C(=O)NCCN2C(=O)C3C4C=CC(C4)C3C2=O)CCCC1. The Balaban J connectivity index is 1.35. The fourth-order valence-corrected chi connectivity index (χ4v) is 4.87. The van der Waals surface area contributed by atoms with Gasteiger partial charge in [-0.15, -0.1) is 0 Å². The summed E-state index contributed by atoms with van der Waals surface area (Å²) in [4.78, 5) is 38.6. The lowest BCUT2D eigenvalue weighted by atomic mass is 9.85. The van der Waals surface area contributed by atoms with E-state index in [4.69, 9.17) is 5.73 Å². The van der Waals surface area contributed by atoms with E-state index < -0.39 is 5.54 Å². The molecule has 4 atom stereocenters. The molecule has 0 radical (unpaired) electrons. The Bertz CT molecular complexity index is 564. The average molecular weight is 317 g/mol. The topological polar surface area (TPSA) is 92.5 Å². The Labute approximate surface area is 135 Å². The average Bonchev–Trinajstić information content (AvgIpc) is 3.28. The number of amides is 3. The van der Waals surface area contributed by atoms with Gasteiger partial charge in [0.1, 0.15) is 0 Å². The molecule has 0 aromatic carbocycles. The molecule has 6 heteroatoms. The highest BCUT2D eigenvalue weighted by atomic mass is 16.2. The van der Waals surface area contributed by atoms with Crippen LogP contribution in [0, 0.1) is 23.7 Å². The molecule has 4 unspecified atom stereocenters. The molecule has 3 aliphatic carbocycles. The number of hydrogen-bond donors (Lipinski definition) is 2. The van der Waals surface area contributed by atoms with Gasteiger partial charge in [-0.1, -0.05) is 25.0 Å². The van der Waals surface area contributed by atoms with Gasteiger partial charge < -0.3 is 11.1 Å². The number of hydrogen-bond acceptors (Lipinski definition) is 4. The van der Waals surface area contributed by atoms with E-state index in [9.17, 15) is 14.4 Å². The monoisotopic (exact) mass is 317 g/mol. The molecule has 2 bridgehead atoms. The first-order valence-electron chi connectivity index (χ1n) is 8.62. The number of imide groups is 1. The number of carbonyl (C=O) groups excluding carboxylic acids is 3. The summed E-state index contributed by atoms with van der Waals surface area (Å²) < 4.78 is 0. The molecule has 1 heterocycles. The van der Waals surface area contributed by atoms with Crippen LogP contribution in [0.4, 0.5) is 0 Å². The number of nitrogens with two attached hydrogens (primary N) is 1. The van der Waals surface area contributed by atoms with Crippen LogP contribution in [0.15, 0.2) is 12.2 Å². The van der Waals surface area contributed by atoms with Crippen LogP contribution in [0.2, 0.25) is 0 Å². The maximum atomic E-state index is 12.5. The molecule has 4 aliphatic rings. The third-order valence-electron chi connectivity index (χ3n) is 6.13. The highest BCUT2D eigenvalue weighted by Gasteiger charge is 2.59. The van der Waals surface area contributed by atoms with Crippen molar-refractivity contribution in [2.24, 2.45) is 29.4 Å². The molecular formula is C17H23N3O3. The van der Waals surface area contributed by atoms with Crippen molar-refractivity contribution in [3.8, 4) is 0 Å². The summed E-state index contributed by atoms with van der Waals surface area (Å²) in [6.45, 7) is 0.545. The highest BCUT2D eigenvalue weighted by Crippen LogP contribution is 2.52. The van der Waals surface area contributed by atoms with Crippen LogP contribution in [-0.2, 0) is 14.4 Å². The van der Waals surface area contributed by atoms with Crippen molar-refractivity contribution in [1.29, 1.82) is 0 Å². The Hall–Kier alpha value is -1.69. The number of carbonyl (C=O) groups is 3. The quantitative estimate of drug-likeness (QED) is 0.571. The van der Waals surface area contributed by atoms with E-state index in [1.807, 2.05) is 0 Å². The molecule has 0 spiro atoms. The van der Waals surface area contributed by atoms with Gasteiger partial charge >= 0.3 is 0 Å². The molecule has 3 fully saturated rings. The van der Waals surface area contributed by atoms with Crippen LogP contribution in [0.3, 0.4) is 0 Å². The molecule has 3 amide bonds. The lowest BCUT2D eigenvalue weighted by Gasteiger charge is -2.23. The molecule has 124 valence electrons. The standard InChI is InChI=1S/C17H23N3O3/c18-17(5-1-2-6-17)16(23)19-7-8-20-14(21)12-10-3-4-11(9-10)13(12)15(20)22/h3-4,10-13H,1-2,5-9,18H2,(H,19,23). The van der Waals surface area contributed by atoms with Gasteiger partial charge in [0, 0.05) is 13.1 Å². The minimum absolute atomic E-state index is 0.0607. The second-order valence-corrected chi connectivity index (χ2v) is 7.45. The lowest BCUT2D eigenvalue weighted by Crippen LogP contribution is -2.53. The van der Waals surface area contributed by atoms with Crippen molar-refractivity contribution in [3.63, 3.8) is 0 Å². The van der Waals surface area contributed by atoms with Gasteiger partial charge in [-0.2, -0.15) is 0 Å². The van der Waals surface area contributed by atoms with Crippen LogP contribution in [-0.4, -0.2) is 41.2 Å². The van der Waals surface area contributed by atoms with E-state index in [2.05, 4.69) is 17.5 Å². The first kappa shape index (κ1) is 14.9. The van der Waals surface area contributed by atoms with Crippen LogP contribution in [0.5, 0.6) is 0 Å². The van der Waals surface area contributed by atoms with E-state index in [1.54, 1.807) is 0 Å². The third kappa shape index (κ3) is 2.15. The van der Waals surface area contributed by atoms with Crippen molar-refractivity contribution in [2.45, 2.75) is 37.6 Å². The summed E-state index contributed by atoms with van der Waals surface area (Å²) in [5, 5.41) is 2.81. The smallest absolute Gasteiger partial charge is 0.240 e. The minimum Gasteiger partial charge on any atom is -0.353 e. The van der Waals surface area contributed by atoms with Crippen LogP contribution < -0.4 is 11.1 Å². The lowest BCUT2D eigenvalue weighted by molar-refractivity contribution is -0.141. The minimum atomic E-state index is -0.765. The van der Waals surface area contributed by atoms with Gasteiger partial charge in [0.15, 0.2) is 0 Å². The van der Waals surface area contributed by atoms with Gasteiger partial charge in [0.25, 0.3) is 0 Å². The number of rotatable bonds is 4. The molecule has 0 aromatic rings. The van der Waals surface area contributed by atoms with Gasteiger partial charge in [-0.25, -0.2) is 0 Å². The largest absolute Gasteiger partial charge is 0.353 e. The maximum Gasteiger partial charge on any atom is 0.240 e. The summed E-state index contributed by atoms with van der Waals surface area (Å²) in [6, 6.07) is 0. The fraction of sp³-hybridized carbons (Fsp3) is 0.706. The molecule has 2 saturated carbocycles. The molecule has 0 aromatic heterocycles. The van der Waals surface area contributed by atoms with Crippen molar-refractivity contribution < 1.29 is 14.4 Å². The molecule has 4 rings (SSSR count). The van der Waals surface area contributed by atoms with E-state index in [0.717, 1.165) is 19.3 Å². The number of likely N-dealkylation sites (tertiary alicyclic amines) is 1. The van der Waals surface area contributed by atoms with Crippen LogP contribution >= 0.6 is 0 Å². The predicted molar refractivity (Wildman–Crippen MR) is 82.8 cm³/mol. The normalized spacial score (nSPS) is 36.8. The Kier molecular flexibility index (Phi) is 3.34. The summed E-state index contributed by atoms with van der Waals surface area (Å²) in [5.41, 5.74) is 5.34. The molecule has 6 nitrogen and oxygen atoms in total. The van der Waals surface area contributed by atoms with Crippen molar-refractivity contribution >= 4 is 17.7 Å². The van der Waals surface area contributed by atoms with Gasteiger partial charge in [-0.3, -0.25) is 19.3 Å². The third-order valence-corrected chi connectivity index (χ3v) is 6.13. The first-order chi connectivity index (χ1) is 11.0. The second-order valence-electron chi connectivity index (χ2n) is 7.45. The van der Waals surface area contributed by atoms with E-state index in [-0.39, 0.29) is 54.5 Å². The summed E-state index contributed by atoms with van der Waals surface area (Å²) in [5.74, 6) is -0.147.